The highest BCUT2D eigenvalue weighted by molar-refractivity contribution is 7.22. The van der Waals surface area contributed by atoms with Crippen LogP contribution in [0, 0.1) is 17.6 Å². The van der Waals surface area contributed by atoms with Crippen LogP contribution < -0.4 is 5.32 Å². The summed E-state index contributed by atoms with van der Waals surface area (Å²) in [6.45, 7) is 6.13. The summed E-state index contributed by atoms with van der Waals surface area (Å²) in [5.41, 5.74) is -0.581. The summed E-state index contributed by atoms with van der Waals surface area (Å²) in [4.78, 5) is 30.3. The maximum Gasteiger partial charge on any atom is 0.410 e. The van der Waals surface area contributed by atoms with Gasteiger partial charge in [-0.05, 0) is 39.7 Å². The second-order valence-electron chi connectivity index (χ2n) is 7.51. The third kappa shape index (κ3) is 4.71. The summed E-state index contributed by atoms with van der Waals surface area (Å²) in [6, 6.07) is 1.93. The van der Waals surface area contributed by atoms with Gasteiger partial charge in [0.25, 0.3) is 0 Å². The molecule has 1 aliphatic rings. The molecule has 3 rings (SSSR count). The fourth-order valence-corrected chi connectivity index (χ4v) is 3.81. The van der Waals surface area contributed by atoms with Gasteiger partial charge in [-0.15, -0.1) is 0 Å². The first kappa shape index (κ1) is 19.5. The lowest BCUT2D eigenvalue weighted by Crippen LogP contribution is -2.45. The summed E-state index contributed by atoms with van der Waals surface area (Å²) in [7, 11) is 0. The molecule has 1 fully saturated rings. The molecule has 0 spiro atoms. The molecule has 2 aromatic rings. The normalized spacial score (nSPS) is 17.8. The van der Waals surface area contributed by atoms with Gasteiger partial charge in [-0.1, -0.05) is 11.3 Å². The maximum absolute atomic E-state index is 13.8. The zero-order chi connectivity index (χ0) is 19.8. The first-order valence-electron chi connectivity index (χ1n) is 8.67. The number of halogens is 2. The van der Waals surface area contributed by atoms with E-state index in [-0.39, 0.29) is 23.1 Å². The first-order chi connectivity index (χ1) is 12.6. The number of nitrogens with one attached hydrogen (secondary N) is 1. The van der Waals surface area contributed by atoms with E-state index in [1.165, 1.54) is 11.0 Å². The SMILES string of the molecule is CC(C)(C)OC(=O)N1CCC[C@H](C(=O)Nc2nc3c(F)cc(F)cc3s2)C1. The molecule has 0 saturated carbocycles. The number of hydrogen-bond donors (Lipinski definition) is 1. The smallest absolute Gasteiger partial charge is 0.410 e. The Labute approximate surface area is 159 Å². The van der Waals surface area contributed by atoms with Crippen LogP contribution in [0.3, 0.4) is 0 Å². The third-order valence-electron chi connectivity index (χ3n) is 4.09. The van der Waals surface area contributed by atoms with Crippen LogP contribution in [0.4, 0.5) is 18.7 Å². The molecule has 1 N–H and O–H groups in total. The molecular weight excluding hydrogens is 376 g/mol. The number of amides is 2. The minimum absolute atomic E-state index is 0.0238. The molecule has 0 unspecified atom stereocenters. The van der Waals surface area contributed by atoms with Gasteiger partial charge in [0.05, 0.1) is 10.6 Å². The molecule has 1 aliphatic heterocycles. The monoisotopic (exact) mass is 397 g/mol. The van der Waals surface area contributed by atoms with Gasteiger partial charge in [0.15, 0.2) is 10.9 Å². The third-order valence-corrected chi connectivity index (χ3v) is 5.01. The van der Waals surface area contributed by atoms with E-state index in [9.17, 15) is 18.4 Å². The van der Waals surface area contributed by atoms with Gasteiger partial charge in [0.1, 0.15) is 16.9 Å². The van der Waals surface area contributed by atoms with Crippen molar-refractivity contribution in [3.8, 4) is 0 Å². The Hall–Kier alpha value is -2.29. The Morgan fingerprint density at radius 2 is 2.07 bits per heavy atom. The van der Waals surface area contributed by atoms with Crippen molar-refractivity contribution in [3.63, 3.8) is 0 Å². The van der Waals surface area contributed by atoms with Crippen molar-refractivity contribution in [2.24, 2.45) is 5.92 Å². The van der Waals surface area contributed by atoms with E-state index in [4.69, 9.17) is 4.74 Å². The number of piperidine rings is 1. The van der Waals surface area contributed by atoms with E-state index in [1.54, 1.807) is 20.8 Å². The van der Waals surface area contributed by atoms with Crippen LogP contribution in [-0.2, 0) is 9.53 Å². The number of hydrogen-bond acceptors (Lipinski definition) is 5. The number of anilines is 1. The van der Waals surface area contributed by atoms with Gasteiger partial charge in [0, 0.05) is 19.2 Å². The molecule has 146 valence electrons. The largest absolute Gasteiger partial charge is 0.444 e. The van der Waals surface area contributed by atoms with Crippen LogP contribution in [-0.4, -0.2) is 40.6 Å². The molecule has 1 saturated heterocycles. The number of carbonyl (C=O) groups excluding carboxylic acids is 2. The highest BCUT2D eigenvalue weighted by atomic mass is 32.1. The van der Waals surface area contributed by atoms with Crippen LogP contribution in [0.15, 0.2) is 12.1 Å². The lowest BCUT2D eigenvalue weighted by molar-refractivity contribution is -0.121. The van der Waals surface area contributed by atoms with Crippen molar-refractivity contribution in [3.05, 3.63) is 23.8 Å². The van der Waals surface area contributed by atoms with Crippen LogP contribution >= 0.6 is 11.3 Å². The fourth-order valence-electron chi connectivity index (χ4n) is 2.90. The summed E-state index contributed by atoms with van der Waals surface area (Å²) >= 11 is 1.00. The number of rotatable bonds is 2. The van der Waals surface area contributed by atoms with Crippen LogP contribution in [0.25, 0.3) is 10.2 Å². The molecule has 0 radical (unpaired) electrons. The first-order valence-corrected chi connectivity index (χ1v) is 9.48. The summed E-state index contributed by atoms with van der Waals surface area (Å²) in [6.07, 6.45) is 0.855. The summed E-state index contributed by atoms with van der Waals surface area (Å²) in [5, 5.41) is 2.86. The number of likely N-dealkylation sites (tertiary alicyclic amines) is 1. The second kappa shape index (κ2) is 7.38. The number of thiazole rings is 1. The average Bonchev–Trinajstić information content (AvgIpc) is 2.96. The predicted molar refractivity (Wildman–Crippen MR) is 98.7 cm³/mol. The number of benzene rings is 1. The predicted octanol–water partition coefficient (Wildman–Crippen LogP) is 4.16. The van der Waals surface area contributed by atoms with Crippen molar-refractivity contribution >= 4 is 38.7 Å². The van der Waals surface area contributed by atoms with Gasteiger partial charge in [-0.3, -0.25) is 4.79 Å². The van der Waals surface area contributed by atoms with Gasteiger partial charge in [-0.2, -0.15) is 0 Å². The summed E-state index contributed by atoms with van der Waals surface area (Å²) < 4.78 is 32.7. The quantitative estimate of drug-likeness (QED) is 0.826. The average molecular weight is 397 g/mol. The topological polar surface area (TPSA) is 71.5 Å². The Morgan fingerprint density at radius 3 is 2.78 bits per heavy atom. The second-order valence-corrected chi connectivity index (χ2v) is 8.54. The highest BCUT2D eigenvalue weighted by Crippen LogP contribution is 2.29. The zero-order valence-electron chi connectivity index (χ0n) is 15.3. The zero-order valence-corrected chi connectivity index (χ0v) is 16.2. The van der Waals surface area contributed by atoms with Crippen molar-refractivity contribution in [1.82, 2.24) is 9.88 Å². The maximum atomic E-state index is 13.8. The van der Waals surface area contributed by atoms with E-state index < -0.39 is 29.2 Å². The molecule has 1 aromatic heterocycles. The number of nitrogens with zero attached hydrogens (tertiary/aromatic N) is 2. The van der Waals surface area contributed by atoms with Gasteiger partial charge in [-0.25, -0.2) is 18.6 Å². The Bertz CT molecular complexity index is 879. The molecule has 2 amide bonds. The van der Waals surface area contributed by atoms with Gasteiger partial charge < -0.3 is 15.0 Å². The Kier molecular flexibility index (Phi) is 5.32. The molecule has 1 atom stereocenters. The van der Waals surface area contributed by atoms with Crippen molar-refractivity contribution in [1.29, 1.82) is 0 Å². The highest BCUT2D eigenvalue weighted by Gasteiger charge is 2.31. The molecule has 9 heteroatoms. The van der Waals surface area contributed by atoms with E-state index in [1.807, 2.05) is 0 Å². The Morgan fingerprint density at radius 1 is 1.33 bits per heavy atom. The molecule has 0 aliphatic carbocycles. The van der Waals surface area contributed by atoms with E-state index in [0.29, 0.717) is 24.1 Å². The van der Waals surface area contributed by atoms with E-state index in [0.717, 1.165) is 17.4 Å². The molecular formula is C18H21F2N3O3S. The number of ether oxygens (including phenoxy) is 1. The van der Waals surface area contributed by atoms with Crippen LogP contribution in [0.5, 0.6) is 0 Å². The fraction of sp³-hybridized carbons (Fsp3) is 0.500. The van der Waals surface area contributed by atoms with Crippen molar-refractivity contribution in [2.75, 3.05) is 18.4 Å². The van der Waals surface area contributed by atoms with Crippen LogP contribution in [0.2, 0.25) is 0 Å². The standard InChI is InChI=1S/C18H21F2N3O3S/c1-18(2,3)26-17(25)23-6-4-5-10(9-23)15(24)22-16-21-14-12(20)7-11(19)8-13(14)27-16/h7-8,10H,4-6,9H2,1-3H3,(H,21,22,24)/t10-/m0/s1. The molecule has 0 bridgehead atoms. The molecule has 6 nitrogen and oxygen atoms in total. The van der Waals surface area contributed by atoms with Crippen molar-refractivity contribution < 1.29 is 23.1 Å². The van der Waals surface area contributed by atoms with Gasteiger partial charge in [0.2, 0.25) is 5.91 Å². The van der Waals surface area contributed by atoms with E-state index >= 15 is 0 Å². The summed E-state index contributed by atoms with van der Waals surface area (Å²) in [5.74, 6) is -2.18. The molecule has 27 heavy (non-hydrogen) atoms. The molecule has 1 aromatic carbocycles. The number of carbonyl (C=O) groups is 2. The number of aromatic nitrogens is 1. The minimum Gasteiger partial charge on any atom is -0.444 e. The number of fused-ring (bicyclic) bond motifs is 1. The Balaban J connectivity index is 1.67. The molecule has 2 heterocycles. The lowest BCUT2D eigenvalue weighted by atomic mass is 9.97. The minimum atomic E-state index is -0.768. The van der Waals surface area contributed by atoms with Gasteiger partial charge >= 0.3 is 6.09 Å². The van der Waals surface area contributed by atoms with Crippen LogP contribution in [0.1, 0.15) is 33.6 Å². The van der Waals surface area contributed by atoms with Crippen molar-refractivity contribution in [2.45, 2.75) is 39.2 Å². The lowest BCUT2D eigenvalue weighted by Gasteiger charge is -2.33. The van der Waals surface area contributed by atoms with E-state index in [2.05, 4.69) is 10.3 Å².